The Balaban J connectivity index is 2.29. The molecular weight excluding hydrogens is 224 g/mol. The van der Waals surface area contributed by atoms with Crippen LogP contribution in [0.5, 0.6) is 0 Å². The number of ether oxygens (including phenoxy) is 1. The van der Waals surface area contributed by atoms with Crippen molar-refractivity contribution in [1.29, 1.82) is 0 Å². The van der Waals surface area contributed by atoms with Gasteiger partial charge < -0.3 is 4.74 Å². The van der Waals surface area contributed by atoms with E-state index in [2.05, 4.69) is 32.6 Å². The Morgan fingerprint density at radius 2 is 2.22 bits per heavy atom. The number of carbonyl (C=O) groups excluding carboxylic acids is 1. The maximum Gasteiger partial charge on any atom is 0.333 e. The third kappa shape index (κ3) is 2.16. The predicted octanol–water partition coefficient (Wildman–Crippen LogP) is 3.80. The van der Waals surface area contributed by atoms with Crippen LogP contribution in [0, 0.1) is 11.3 Å². The number of allylic oxidation sites excluding steroid dienone is 4. The second-order valence-electron chi connectivity index (χ2n) is 5.73. The van der Waals surface area contributed by atoms with E-state index in [1.807, 2.05) is 0 Å². The van der Waals surface area contributed by atoms with Crippen LogP contribution in [0.25, 0.3) is 0 Å². The number of carbonyl (C=O) groups is 1. The first-order valence-corrected chi connectivity index (χ1v) is 6.64. The summed E-state index contributed by atoms with van der Waals surface area (Å²) in [6.07, 6.45) is 9.06. The zero-order valence-corrected chi connectivity index (χ0v) is 11.6. The highest BCUT2D eigenvalue weighted by atomic mass is 16.5. The highest BCUT2D eigenvalue weighted by molar-refractivity contribution is 5.88. The van der Waals surface area contributed by atoms with E-state index >= 15 is 0 Å². The second-order valence-corrected chi connectivity index (χ2v) is 5.73. The van der Waals surface area contributed by atoms with Gasteiger partial charge in [-0.15, -0.1) is 0 Å². The van der Waals surface area contributed by atoms with Crippen LogP contribution in [0.4, 0.5) is 0 Å². The Kier molecular flexibility index (Phi) is 3.47. The van der Waals surface area contributed by atoms with Crippen molar-refractivity contribution in [3.05, 3.63) is 35.5 Å². The van der Waals surface area contributed by atoms with Gasteiger partial charge in [-0.2, -0.15) is 0 Å². The van der Waals surface area contributed by atoms with Gasteiger partial charge in [-0.3, -0.25) is 0 Å². The third-order valence-corrected chi connectivity index (χ3v) is 4.49. The van der Waals surface area contributed by atoms with Gasteiger partial charge in [0.25, 0.3) is 0 Å². The molecule has 0 N–H and O–H groups in total. The van der Waals surface area contributed by atoms with Crippen molar-refractivity contribution in [3.63, 3.8) is 0 Å². The molecule has 18 heavy (non-hydrogen) atoms. The van der Waals surface area contributed by atoms with E-state index in [4.69, 9.17) is 4.74 Å². The summed E-state index contributed by atoms with van der Waals surface area (Å²) in [5.74, 6) is -0.139. The van der Waals surface area contributed by atoms with Crippen molar-refractivity contribution in [1.82, 2.24) is 0 Å². The van der Waals surface area contributed by atoms with Crippen LogP contribution in [0.1, 0.15) is 39.5 Å². The van der Waals surface area contributed by atoms with Crippen molar-refractivity contribution in [2.45, 2.75) is 39.5 Å². The maximum atomic E-state index is 11.6. The predicted molar refractivity (Wildman–Crippen MR) is 73.1 cm³/mol. The number of hydrogen-bond donors (Lipinski definition) is 0. The van der Waals surface area contributed by atoms with Crippen LogP contribution in [0.2, 0.25) is 0 Å². The van der Waals surface area contributed by atoms with Crippen LogP contribution in [-0.2, 0) is 9.53 Å². The van der Waals surface area contributed by atoms with E-state index in [9.17, 15) is 4.79 Å². The quantitative estimate of drug-likeness (QED) is 0.547. The van der Waals surface area contributed by atoms with E-state index in [1.165, 1.54) is 31.1 Å². The molecule has 0 fully saturated rings. The number of fused-ring (bicyclic) bond motifs is 1. The Morgan fingerprint density at radius 1 is 1.50 bits per heavy atom. The zero-order chi connectivity index (χ0) is 13.3. The van der Waals surface area contributed by atoms with E-state index in [0.717, 1.165) is 12.8 Å². The number of hydrogen-bond acceptors (Lipinski definition) is 2. The van der Waals surface area contributed by atoms with E-state index in [-0.39, 0.29) is 11.9 Å². The first-order valence-electron chi connectivity index (χ1n) is 6.64. The summed E-state index contributed by atoms with van der Waals surface area (Å²) in [5, 5.41) is 0. The summed E-state index contributed by atoms with van der Waals surface area (Å²) in [7, 11) is 1.42. The molecule has 2 atom stereocenters. The average molecular weight is 246 g/mol. The fraction of sp³-hybridized carbons (Fsp3) is 0.562. The maximum absolute atomic E-state index is 11.6. The number of methoxy groups -OCH3 is 1. The van der Waals surface area contributed by atoms with Gasteiger partial charge in [0, 0.05) is 11.5 Å². The van der Waals surface area contributed by atoms with Crippen molar-refractivity contribution < 1.29 is 9.53 Å². The SMILES string of the molecule is C=C(C(=O)OC)C1C=C2C(C)=CCCC2(C)CC1. The standard InChI is InChI=1S/C16H22O2/c1-11-6-5-8-16(3)9-7-13(10-14(11)16)12(2)15(17)18-4/h6,10,13H,2,5,7-9H2,1,3-4H3. The first kappa shape index (κ1) is 13.1. The van der Waals surface area contributed by atoms with Gasteiger partial charge in [0.1, 0.15) is 0 Å². The van der Waals surface area contributed by atoms with Crippen LogP contribution in [0.15, 0.2) is 35.5 Å². The monoisotopic (exact) mass is 246 g/mol. The van der Waals surface area contributed by atoms with E-state index < -0.39 is 0 Å². The summed E-state index contributed by atoms with van der Waals surface area (Å²) in [6, 6.07) is 0. The zero-order valence-electron chi connectivity index (χ0n) is 11.6. The van der Waals surface area contributed by atoms with E-state index in [0.29, 0.717) is 11.0 Å². The smallest absolute Gasteiger partial charge is 0.333 e. The molecule has 0 aromatic heterocycles. The van der Waals surface area contributed by atoms with Crippen molar-refractivity contribution in [2.75, 3.05) is 7.11 Å². The molecule has 0 aromatic carbocycles. The highest BCUT2D eigenvalue weighted by Gasteiger charge is 2.37. The topological polar surface area (TPSA) is 26.3 Å². The molecule has 0 amide bonds. The van der Waals surface area contributed by atoms with Crippen LogP contribution >= 0.6 is 0 Å². The Morgan fingerprint density at radius 3 is 2.89 bits per heavy atom. The number of esters is 1. The van der Waals surface area contributed by atoms with Gasteiger partial charge in [-0.05, 0) is 43.6 Å². The summed E-state index contributed by atoms with van der Waals surface area (Å²) in [6.45, 7) is 8.41. The number of rotatable bonds is 2. The lowest BCUT2D eigenvalue weighted by molar-refractivity contribution is -0.136. The molecular formula is C16H22O2. The molecule has 0 saturated carbocycles. The third-order valence-electron chi connectivity index (χ3n) is 4.49. The van der Waals surface area contributed by atoms with Gasteiger partial charge in [0.2, 0.25) is 0 Å². The largest absolute Gasteiger partial charge is 0.466 e. The molecule has 2 aliphatic carbocycles. The lowest BCUT2D eigenvalue weighted by Gasteiger charge is -2.41. The minimum absolute atomic E-state index is 0.141. The van der Waals surface area contributed by atoms with Crippen LogP contribution in [0.3, 0.4) is 0 Å². The summed E-state index contributed by atoms with van der Waals surface area (Å²) in [4.78, 5) is 11.6. The minimum Gasteiger partial charge on any atom is -0.466 e. The van der Waals surface area contributed by atoms with Crippen LogP contribution in [-0.4, -0.2) is 13.1 Å². The van der Waals surface area contributed by atoms with Crippen molar-refractivity contribution in [3.8, 4) is 0 Å². The summed E-state index contributed by atoms with van der Waals surface area (Å²) >= 11 is 0. The molecule has 0 spiro atoms. The molecule has 2 aliphatic rings. The molecule has 2 unspecified atom stereocenters. The summed E-state index contributed by atoms with van der Waals surface area (Å²) in [5.41, 5.74) is 3.66. The van der Waals surface area contributed by atoms with E-state index in [1.54, 1.807) is 0 Å². The van der Waals surface area contributed by atoms with Crippen molar-refractivity contribution >= 4 is 5.97 Å². The molecule has 0 aromatic rings. The van der Waals surface area contributed by atoms with Gasteiger partial charge in [-0.25, -0.2) is 4.79 Å². The molecule has 98 valence electrons. The summed E-state index contributed by atoms with van der Waals surface area (Å²) < 4.78 is 4.77. The molecule has 0 bridgehead atoms. The van der Waals surface area contributed by atoms with Gasteiger partial charge in [0.15, 0.2) is 0 Å². The molecule has 2 heteroatoms. The lowest BCUT2D eigenvalue weighted by Crippen LogP contribution is -2.29. The highest BCUT2D eigenvalue weighted by Crippen LogP contribution is 2.49. The molecule has 0 radical (unpaired) electrons. The first-order chi connectivity index (χ1) is 8.48. The molecule has 2 rings (SSSR count). The van der Waals surface area contributed by atoms with Gasteiger partial charge in [-0.1, -0.05) is 31.2 Å². The fourth-order valence-corrected chi connectivity index (χ4v) is 3.24. The Labute approximate surface area is 109 Å². The molecule has 0 saturated heterocycles. The normalized spacial score (nSPS) is 30.9. The molecule has 0 aliphatic heterocycles. The van der Waals surface area contributed by atoms with Gasteiger partial charge >= 0.3 is 5.97 Å². The lowest BCUT2D eigenvalue weighted by atomic mass is 9.63. The molecule has 2 nitrogen and oxygen atoms in total. The second kappa shape index (κ2) is 4.75. The minimum atomic E-state index is -0.280. The van der Waals surface area contributed by atoms with Gasteiger partial charge in [0.05, 0.1) is 7.11 Å². The van der Waals surface area contributed by atoms with Crippen LogP contribution < -0.4 is 0 Å². The Bertz CT molecular complexity index is 442. The van der Waals surface area contributed by atoms with Crippen molar-refractivity contribution in [2.24, 2.45) is 11.3 Å². The average Bonchev–Trinajstić information content (AvgIpc) is 2.36. The Hall–Kier alpha value is -1.31. The fourth-order valence-electron chi connectivity index (χ4n) is 3.24. The molecule has 0 heterocycles.